The molecule has 0 unspecified atom stereocenters. The Morgan fingerprint density at radius 3 is 2.36 bits per heavy atom. The number of hydrogen-bond acceptors (Lipinski definition) is 2. The third-order valence-corrected chi connectivity index (χ3v) is 4.61. The fourth-order valence-corrected chi connectivity index (χ4v) is 3.01. The molecule has 1 fully saturated rings. The lowest BCUT2D eigenvalue weighted by Crippen LogP contribution is -3.27. The van der Waals surface area contributed by atoms with Crippen LogP contribution in [0.3, 0.4) is 0 Å². The predicted octanol–water partition coefficient (Wildman–Crippen LogP) is -0.383. The Labute approximate surface area is 149 Å². The summed E-state index contributed by atoms with van der Waals surface area (Å²) in [5, 5.41) is 2.98. The van der Waals surface area contributed by atoms with E-state index >= 15 is 0 Å². The first kappa shape index (κ1) is 17.5. The molecule has 0 spiro atoms. The molecule has 2 aromatic carbocycles. The van der Waals surface area contributed by atoms with Crippen molar-refractivity contribution in [3.8, 4) is 5.75 Å². The van der Waals surface area contributed by atoms with Gasteiger partial charge in [-0.3, -0.25) is 4.79 Å². The second kappa shape index (κ2) is 8.65. The molecular weight excluding hydrogens is 314 g/mol. The van der Waals surface area contributed by atoms with Gasteiger partial charge in [-0.15, -0.1) is 0 Å². The molecule has 1 aliphatic rings. The number of carbonyl (C=O) groups is 1. The molecular formula is C20H27N3O2+2. The number of likely N-dealkylation sites (N-methyl/N-ethyl adjacent to an activating group) is 1. The van der Waals surface area contributed by atoms with Gasteiger partial charge in [0.15, 0.2) is 6.54 Å². The zero-order valence-electron chi connectivity index (χ0n) is 14.8. The molecule has 3 N–H and O–H groups in total. The van der Waals surface area contributed by atoms with E-state index in [4.69, 9.17) is 4.74 Å². The molecule has 0 aliphatic carbocycles. The van der Waals surface area contributed by atoms with E-state index in [1.54, 1.807) is 4.90 Å². The molecule has 25 heavy (non-hydrogen) atoms. The van der Waals surface area contributed by atoms with Crippen molar-refractivity contribution in [3.63, 3.8) is 0 Å². The second-order valence-electron chi connectivity index (χ2n) is 6.73. The van der Waals surface area contributed by atoms with Gasteiger partial charge in [0, 0.05) is 5.69 Å². The monoisotopic (exact) mass is 341 g/mol. The van der Waals surface area contributed by atoms with Crippen LogP contribution in [0.25, 0.3) is 0 Å². The van der Waals surface area contributed by atoms with E-state index in [1.807, 2.05) is 54.6 Å². The summed E-state index contributed by atoms with van der Waals surface area (Å²) in [4.78, 5) is 15.1. The number of ether oxygens (including phenoxy) is 1. The molecule has 1 saturated heterocycles. The highest BCUT2D eigenvalue weighted by Crippen LogP contribution is 2.16. The molecule has 1 aliphatic heterocycles. The van der Waals surface area contributed by atoms with Gasteiger partial charge >= 0.3 is 0 Å². The first-order chi connectivity index (χ1) is 12.2. The van der Waals surface area contributed by atoms with Crippen LogP contribution in [0.2, 0.25) is 0 Å². The van der Waals surface area contributed by atoms with E-state index in [0.29, 0.717) is 13.2 Å². The Kier molecular flexibility index (Phi) is 6.04. The van der Waals surface area contributed by atoms with Crippen molar-refractivity contribution in [3.05, 3.63) is 60.2 Å². The lowest BCUT2D eigenvalue weighted by molar-refractivity contribution is -0.999. The van der Waals surface area contributed by atoms with Crippen molar-refractivity contribution in [2.24, 2.45) is 0 Å². The van der Waals surface area contributed by atoms with E-state index in [9.17, 15) is 4.79 Å². The molecule has 5 nitrogen and oxygen atoms in total. The van der Waals surface area contributed by atoms with Gasteiger partial charge in [-0.25, -0.2) is 0 Å². The average Bonchev–Trinajstić information content (AvgIpc) is 2.64. The van der Waals surface area contributed by atoms with Crippen LogP contribution in [0.15, 0.2) is 54.6 Å². The lowest BCUT2D eigenvalue weighted by atomic mass is 10.2. The lowest BCUT2D eigenvalue weighted by Gasteiger charge is -2.26. The highest BCUT2D eigenvalue weighted by molar-refractivity contribution is 5.91. The summed E-state index contributed by atoms with van der Waals surface area (Å²) in [6.07, 6.45) is 0. The number of rotatable bonds is 6. The summed E-state index contributed by atoms with van der Waals surface area (Å²) in [6.45, 7) is 5.48. The molecule has 1 heterocycles. The Morgan fingerprint density at radius 2 is 1.68 bits per heavy atom. The maximum atomic E-state index is 12.2. The topological polar surface area (TPSA) is 47.2 Å². The third-order valence-electron chi connectivity index (χ3n) is 4.61. The van der Waals surface area contributed by atoms with Crippen molar-refractivity contribution < 1.29 is 19.3 Å². The Balaban J connectivity index is 1.44. The van der Waals surface area contributed by atoms with E-state index < -0.39 is 0 Å². The minimum absolute atomic E-state index is 0.0764. The largest absolute Gasteiger partial charge is 0.489 e. The number of anilines is 1. The SMILES string of the molecule is C[NH+]1CC[NH+](CC(=O)Nc2ccc(OCc3ccccc3)cc2)CC1. The van der Waals surface area contributed by atoms with Gasteiger partial charge in [-0.2, -0.15) is 0 Å². The number of benzene rings is 2. The van der Waals surface area contributed by atoms with Crippen molar-refractivity contribution in [2.75, 3.05) is 45.1 Å². The number of hydrogen-bond donors (Lipinski definition) is 3. The fraction of sp³-hybridized carbons (Fsp3) is 0.350. The minimum Gasteiger partial charge on any atom is -0.489 e. The molecule has 0 bridgehead atoms. The van der Waals surface area contributed by atoms with Crippen LogP contribution in [-0.4, -0.2) is 45.7 Å². The van der Waals surface area contributed by atoms with Crippen LogP contribution in [-0.2, 0) is 11.4 Å². The average molecular weight is 341 g/mol. The molecule has 1 amide bonds. The zero-order valence-corrected chi connectivity index (χ0v) is 14.8. The smallest absolute Gasteiger partial charge is 0.279 e. The standard InChI is InChI=1S/C20H25N3O2/c1-22-11-13-23(14-12-22)15-20(24)21-18-7-9-19(10-8-18)25-16-17-5-3-2-4-6-17/h2-10H,11-16H2,1H3,(H,21,24)/p+2. The van der Waals surface area contributed by atoms with E-state index in [2.05, 4.69) is 12.4 Å². The van der Waals surface area contributed by atoms with Crippen LogP contribution < -0.4 is 19.9 Å². The zero-order chi connectivity index (χ0) is 17.5. The first-order valence-electron chi connectivity index (χ1n) is 8.90. The van der Waals surface area contributed by atoms with Gasteiger partial charge in [0.25, 0.3) is 5.91 Å². The normalized spacial score (nSPS) is 20.0. The minimum atomic E-state index is 0.0764. The van der Waals surface area contributed by atoms with Crippen LogP contribution in [0.1, 0.15) is 5.56 Å². The van der Waals surface area contributed by atoms with Gasteiger partial charge in [0.05, 0.1) is 7.05 Å². The molecule has 5 heteroatoms. The van der Waals surface area contributed by atoms with E-state index in [-0.39, 0.29) is 5.91 Å². The van der Waals surface area contributed by atoms with Gasteiger partial charge < -0.3 is 19.9 Å². The number of nitrogens with one attached hydrogen (secondary N) is 3. The van der Waals surface area contributed by atoms with Gasteiger partial charge in [-0.05, 0) is 29.8 Å². The van der Waals surface area contributed by atoms with Crippen LogP contribution >= 0.6 is 0 Å². The molecule has 0 aromatic heterocycles. The van der Waals surface area contributed by atoms with Crippen LogP contribution in [0, 0.1) is 0 Å². The summed E-state index contributed by atoms with van der Waals surface area (Å²) < 4.78 is 5.76. The highest BCUT2D eigenvalue weighted by atomic mass is 16.5. The van der Waals surface area contributed by atoms with Crippen molar-refractivity contribution in [1.29, 1.82) is 0 Å². The van der Waals surface area contributed by atoms with Crippen molar-refractivity contribution in [1.82, 2.24) is 0 Å². The van der Waals surface area contributed by atoms with Crippen LogP contribution in [0.5, 0.6) is 5.75 Å². The fourth-order valence-electron chi connectivity index (χ4n) is 3.01. The van der Waals surface area contributed by atoms with Crippen molar-refractivity contribution in [2.45, 2.75) is 6.61 Å². The highest BCUT2D eigenvalue weighted by Gasteiger charge is 2.22. The molecule has 0 atom stereocenters. The molecule has 0 saturated carbocycles. The third kappa shape index (κ3) is 5.59. The summed E-state index contributed by atoms with van der Waals surface area (Å²) in [5.41, 5.74) is 1.95. The maximum absolute atomic E-state index is 12.2. The van der Waals surface area contributed by atoms with Gasteiger partial charge in [0.1, 0.15) is 38.5 Å². The Morgan fingerprint density at radius 1 is 1.00 bits per heavy atom. The van der Waals surface area contributed by atoms with Crippen molar-refractivity contribution >= 4 is 11.6 Å². The molecule has 132 valence electrons. The quantitative estimate of drug-likeness (QED) is 0.671. The maximum Gasteiger partial charge on any atom is 0.279 e. The molecule has 0 radical (unpaired) electrons. The molecule has 2 aromatic rings. The van der Waals surface area contributed by atoms with E-state index in [1.165, 1.54) is 4.90 Å². The number of amides is 1. The summed E-state index contributed by atoms with van der Waals surface area (Å²) in [5.74, 6) is 0.877. The number of quaternary nitrogens is 2. The number of piperazine rings is 1. The summed E-state index contributed by atoms with van der Waals surface area (Å²) >= 11 is 0. The van der Waals surface area contributed by atoms with Crippen LogP contribution in [0.4, 0.5) is 5.69 Å². The predicted molar refractivity (Wildman–Crippen MR) is 98.0 cm³/mol. The van der Waals surface area contributed by atoms with E-state index in [0.717, 1.165) is 43.2 Å². The summed E-state index contributed by atoms with van der Waals surface area (Å²) in [7, 11) is 2.21. The Bertz CT molecular complexity index is 665. The van der Waals surface area contributed by atoms with Gasteiger partial charge in [-0.1, -0.05) is 30.3 Å². The number of carbonyl (C=O) groups excluding carboxylic acids is 1. The Hall–Kier alpha value is -2.37. The summed E-state index contributed by atoms with van der Waals surface area (Å²) in [6, 6.07) is 17.6. The van der Waals surface area contributed by atoms with Gasteiger partial charge in [0.2, 0.25) is 0 Å². The molecule has 3 rings (SSSR count). The first-order valence-corrected chi connectivity index (χ1v) is 8.90. The second-order valence-corrected chi connectivity index (χ2v) is 6.73.